The number of rotatable bonds is 6. The molecule has 1 N–H and O–H groups in total. The van der Waals surface area contributed by atoms with Crippen molar-refractivity contribution in [3.63, 3.8) is 0 Å². The molecule has 0 saturated heterocycles. The summed E-state index contributed by atoms with van der Waals surface area (Å²) in [4.78, 5) is 17.1. The molecule has 0 atom stereocenters. The molecule has 0 spiro atoms. The van der Waals surface area contributed by atoms with E-state index in [0.717, 1.165) is 23.4 Å². The third-order valence-corrected chi connectivity index (χ3v) is 4.83. The van der Waals surface area contributed by atoms with Gasteiger partial charge in [0.05, 0.1) is 11.0 Å². The quantitative estimate of drug-likeness (QED) is 0.549. The summed E-state index contributed by atoms with van der Waals surface area (Å²) in [5.41, 5.74) is 5.28. The normalized spacial score (nSPS) is 10.9. The summed E-state index contributed by atoms with van der Waals surface area (Å²) < 4.78 is 2.25. The van der Waals surface area contributed by atoms with Gasteiger partial charge in [0.1, 0.15) is 5.82 Å². The second kappa shape index (κ2) is 8.09. The topological polar surface area (TPSA) is 46.9 Å². The van der Waals surface area contributed by atoms with E-state index in [1.165, 1.54) is 11.1 Å². The Hall–Kier alpha value is -3.40. The van der Waals surface area contributed by atoms with Crippen molar-refractivity contribution in [2.75, 3.05) is 6.54 Å². The molecule has 0 aliphatic carbocycles. The number of nitrogens with zero attached hydrogens (tertiary/aromatic N) is 2. The largest absolute Gasteiger partial charge is 0.352 e. The van der Waals surface area contributed by atoms with Crippen LogP contribution in [0.5, 0.6) is 0 Å². The minimum atomic E-state index is -0.0538. The Morgan fingerprint density at radius 2 is 1.75 bits per heavy atom. The van der Waals surface area contributed by atoms with E-state index in [1.807, 2.05) is 48.5 Å². The monoisotopic (exact) mass is 369 g/mol. The number of imidazole rings is 1. The molecule has 0 aliphatic rings. The highest BCUT2D eigenvalue weighted by Gasteiger charge is 2.12. The van der Waals surface area contributed by atoms with Crippen molar-refractivity contribution < 1.29 is 4.79 Å². The third kappa shape index (κ3) is 3.96. The Bertz CT molecular complexity index is 1100. The molecule has 0 bridgehead atoms. The van der Waals surface area contributed by atoms with Crippen molar-refractivity contribution in [3.05, 3.63) is 101 Å². The number of nitrogens with one attached hydrogen (secondary N) is 1. The second-order valence-electron chi connectivity index (χ2n) is 6.96. The van der Waals surface area contributed by atoms with Crippen LogP contribution in [0.4, 0.5) is 0 Å². The summed E-state index contributed by atoms with van der Waals surface area (Å²) in [6.45, 7) is 3.42. The Labute approximate surface area is 164 Å². The van der Waals surface area contributed by atoms with Gasteiger partial charge in [-0.15, -0.1) is 0 Å². The van der Waals surface area contributed by atoms with Crippen molar-refractivity contribution in [1.82, 2.24) is 14.9 Å². The van der Waals surface area contributed by atoms with Gasteiger partial charge in [-0.05, 0) is 36.8 Å². The van der Waals surface area contributed by atoms with Crippen LogP contribution in [0.15, 0.2) is 78.9 Å². The van der Waals surface area contributed by atoms with Crippen LogP contribution in [0.25, 0.3) is 11.0 Å². The van der Waals surface area contributed by atoms with E-state index in [2.05, 4.69) is 47.1 Å². The molecule has 4 nitrogen and oxygen atoms in total. The molecule has 1 amide bonds. The van der Waals surface area contributed by atoms with E-state index in [4.69, 9.17) is 4.98 Å². The summed E-state index contributed by atoms with van der Waals surface area (Å²) in [5, 5.41) is 3.00. The van der Waals surface area contributed by atoms with Gasteiger partial charge in [0.25, 0.3) is 5.91 Å². The van der Waals surface area contributed by atoms with Gasteiger partial charge < -0.3 is 9.88 Å². The molecule has 28 heavy (non-hydrogen) atoms. The Balaban J connectivity index is 1.54. The Morgan fingerprint density at radius 3 is 2.57 bits per heavy atom. The minimum absolute atomic E-state index is 0.0538. The fourth-order valence-corrected chi connectivity index (χ4v) is 3.47. The van der Waals surface area contributed by atoms with Gasteiger partial charge in [-0.1, -0.05) is 60.2 Å². The van der Waals surface area contributed by atoms with E-state index in [-0.39, 0.29) is 5.91 Å². The zero-order valence-electron chi connectivity index (χ0n) is 15.9. The SMILES string of the molecule is Cc1cccc(Cn2c(CCNC(=O)c3ccccc3)nc3ccccc32)c1. The maximum absolute atomic E-state index is 12.3. The van der Waals surface area contributed by atoms with Crippen molar-refractivity contribution in [2.45, 2.75) is 19.9 Å². The maximum atomic E-state index is 12.3. The lowest BCUT2D eigenvalue weighted by Crippen LogP contribution is -2.26. The number of benzene rings is 3. The lowest BCUT2D eigenvalue weighted by molar-refractivity contribution is 0.0954. The molecule has 4 rings (SSSR count). The maximum Gasteiger partial charge on any atom is 0.251 e. The molecule has 0 saturated carbocycles. The summed E-state index contributed by atoms with van der Waals surface area (Å²) in [7, 11) is 0. The highest BCUT2D eigenvalue weighted by Crippen LogP contribution is 2.19. The van der Waals surface area contributed by atoms with Gasteiger partial charge in [-0.25, -0.2) is 4.98 Å². The first-order valence-corrected chi connectivity index (χ1v) is 9.53. The first-order chi connectivity index (χ1) is 13.7. The molecular weight excluding hydrogens is 346 g/mol. The first kappa shape index (κ1) is 18.0. The minimum Gasteiger partial charge on any atom is -0.352 e. The van der Waals surface area contributed by atoms with Gasteiger partial charge >= 0.3 is 0 Å². The zero-order chi connectivity index (χ0) is 19.3. The number of fused-ring (bicyclic) bond motifs is 1. The van der Waals surface area contributed by atoms with E-state index < -0.39 is 0 Å². The summed E-state index contributed by atoms with van der Waals surface area (Å²) in [6, 6.07) is 26.0. The van der Waals surface area contributed by atoms with Gasteiger partial charge in [0.2, 0.25) is 0 Å². The molecule has 140 valence electrons. The van der Waals surface area contributed by atoms with Gasteiger partial charge in [0.15, 0.2) is 0 Å². The lowest BCUT2D eigenvalue weighted by atomic mass is 10.1. The average molecular weight is 369 g/mol. The van der Waals surface area contributed by atoms with Crippen LogP contribution < -0.4 is 5.32 Å². The molecule has 3 aromatic carbocycles. The van der Waals surface area contributed by atoms with E-state index in [0.29, 0.717) is 18.5 Å². The highest BCUT2D eigenvalue weighted by molar-refractivity contribution is 5.94. The molecule has 0 radical (unpaired) electrons. The molecule has 1 heterocycles. The van der Waals surface area contributed by atoms with Crippen LogP contribution in [0.3, 0.4) is 0 Å². The van der Waals surface area contributed by atoms with Crippen LogP contribution in [0.1, 0.15) is 27.3 Å². The highest BCUT2D eigenvalue weighted by atomic mass is 16.1. The summed E-state index contributed by atoms with van der Waals surface area (Å²) >= 11 is 0. The van der Waals surface area contributed by atoms with Crippen molar-refractivity contribution in [3.8, 4) is 0 Å². The van der Waals surface area contributed by atoms with Crippen molar-refractivity contribution >= 4 is 16.9 Å². The number of hydrogen-bond donors (Lipinski definition) is 1. The number of aryl methyl sites for hydroxylation is 1. The fraction of sp³-hybridized carbons (Fsp3) is 0.167. The first-order valence-electron chi connectivity index (χ1n) is 9.53. The molecule has 0 unspecified atom stereocenters. The lowest BCUT2D eigenvalue weighted by Gasteiger charge is -2.11. The van der Waals surface area contributed by atoms with Crippen molar-refractivity contribution in [1.29, 1.82) is 0 Å². The van der Waals surface area contributed by atoms with Crippen molar-refractivity contribution in [2.24, 2.45) is 0 Å². The third-order valence-electron chi connectivity index (χ3n) is 4.83. The molecule has 4 heteroatoms. The smallest absolute Gasteiger partial charge is 0.251 e. The average Bonchev–Trinajstić information content (AvgIpc) is 3.06. The molecule has 0 aliphatic heterocycles. The molecule has 1 aromatic heterocycles. The number of aromatic nitrogens is 2. The fourth-order valence-electron chi connectivity index (χ4n) is 3.47. The number of amides is 1. The number of hydrogen-bond acceptors (Lipinski definition) is 2. The number of carbonyl (C=O) groups excluding carboxylic acids is 1. The van der Waals surface area contributed by atoms with E-state index >= 15 is 0 Å². The molecular formula is C24H23N3O. The van der Waals surface area contributed by atoms with Gasteiger partial charge in [-0.3, -0.25) is 4.79 Å². The molecule has 0 fully saturated rings. The Kier molecular flexibility index (Phi) is 5.20. The summed E-state index contributed by atoms with van der Waals surface area (Å²) in [6.07, 6.45) is 0.680. The summed E-state index contributed by atoms with van der Waals surface area (Å²) in [5.74, 6) is 0.929. The predicted octanol–water partition coefficient (Wildman–Crippen LogP) is 4.37. The van der Waals surface area contributed by atoms with E-state index in [9.17, 15) is 4.79 Å². The van der Waals surface area contributed by atoms with Gasteiger partial charge in [0, 0.05) is 25.1 Å². The molecule has 4 aromatic rings. The van der Waals surface area contributed by atoms with Gasteiger partial charge in [-0.2, -0.15) is 0 Å². The van der Waals surface area contributed by atoms with Crippen LogP contribution in [-0.2, 0) is 13.0 Å². The van der Waals surface area contributed by atoms with Crippen LogP contribution in [-0.4, -0.2) is 22.0 Å². The second-order valence-corrected chi connectivity index (χ2v) is 6.96. The van der Waals surface area contributed by atoms with Crippen LogP contribution in [0.2, 0.25) is 0 Å². The standard InChI is InChI=1S/C24H23N3O/c1-18-8-7-9-19(16-18)17-27-22-13-6-5-12-21(22)26-23(27)14-15-25-24(28)20-10-3-2-4-11-20/h2-13,16H,14-15,17H2,1H3,(H,25,28). The Morgan fingerprint density at radius 1 is 0.964 bits per heavy atom. The predicted molar refractivity (Wildman–Crippen MR) is 112 cm³/mol. The van der Waals surface area contributed by atoms with Crippen LogP contribution in [0, 0.1) is 6.92 Å². The number of carbonyl (C=O) groups is 1. The van der Waals surface area contributed by atoms with E-state index in [1.54, 1.807) is 0 Å². The zero-order valence-corrected chi connectivity index (χ0v) is 15.9. The number of para-hydroxylation sites is 2. The van der Waals surface area contributed by atoms with Crippen LogP contribution >= 0.6 is 0 Å².